The van der Waals surface area contributed by atoms with Gasteiger partial charge < -0.3 is 15.4 Å². The number of benzene rings is 2. The minimum Gasteiger partial charge on any atom is -0.462 e. The van der Waals surface area contributed by atoms with E-state index in [1.165, 1.54) is 12.1 Å². The fraction of sp³-hybridized carbons (Fsp3) is 0.250. The molecule has 0 heterocycles. The smallest absolute Gasteiger partial charge is 0.340 e. The maximum absolute atomic E-state index is 13.6. The molecule has 2 unspecified atom stereocenters. The van der Waals surface area contributed by atoms with Gasteiger partial charge in [0.25, 0.3) is 0 Å². The van der Waals surface area contributed by atoms with Gasteiger partial charge in [0.15, 0.2) is 0 Å². The molecule has 3 rings (SSSR count). The van der Waals surface area contributed by atoms with E-state index in [1.807, 2.05) is 0 Å². The topological polar surface area (TPSA) is 84.5 Å². The van der Waals surface area contributed by atoms with Crippen LogP contribution in [0, 0.1) is 23.5 Å². The van der Waals surface area contributed by atoms with Crippen LogP contribution in [-0.2, 0) is 14.3 Å². The first-order chi connectivity index (χ1) is 13.4. The second-order valence-corrected chi connectivity index (χ2v) is 6.29. The number of rotatable bonds is 6. The molecule has 1 saturated carbocycles. The van der Waals surface area contributed by atoms with Crippen LogP contribution in [0.15, 0.2) is 42.5 Å². The first-order valence-corrected chi connectivity index (χ1v) is 8.74. The van der Waals surface area contributed by atoms with Crippen LogP contribution in [0.2, 0.25) is 0 Å². The Bertz CT molecular complexity index is 912. The molecule has 0 bridgehead atoms. The first-order valence-electron chi connectivity index (χ1n) is 8.74. The van der Waals surface area contributed by atoms with Gasteiger partial charge in [-0.15, -0.1) is 0 Å². The molecule has 2 aromatic carbocycles. The molecule has 2 atom stereocenters. The summed E-state index contributed by atoms with van der Waals surface area (Å²) in [5.41, 5.74) is -0.0591. The number of carbonyl (C=O) groups is 3. The minimum absolute atomic E-state index is 0.193. The van der Waals surface area contributed by atoms with Crippen LogP contribution < -0.4 is 10.6 Å². The van der Waals surface area contributed by atoms with Gasteiger partial charge in [0.2, 0.25) is 11.8 Å². The minimum atomic E-state index is -0.890. The second kappa shape index (κ2) is 8.16. The monoisotopic (exact) mass is 388 g/mol. The normalized spacial score (nSPS) is 17.5. The van der Waals surface area contributed by atoms with Gasteiger partial charge in [0.05, 0.1) is 29.7 Å². The molecule has 1 aliphatic rings. The standard InChI is InChI=1S/C20H18F2N2O4/c1-2-28-20(27)11-6-3-4-9-16(11)23-18(25)12-10-13(12)19(26)24-17-14(21)7-5-8-15(17)22/h3-9,12-13H,2,10H2,1H3,(H,23,25)(H,24,26). The number of halogens is 2. The van der Waals surface area contributed by atoms with Crippen molar-refractivity contribution in [2.24, 2.45) is 11.8 Å². The summed E-state index contributed by atoms with van der Waals surface area (Å²) in [6.45, 7) is 1.86. The predicted octanol–water partition coefficient (Wildman–Crippen LogP) is 3.35. The maximum Gasteiger partial charge on any atom is 0.340 e. The summed E-state index contributed by atoms with van der Waals surface area (Å²) in [4.78, 5) is 36.6. The summed E-state index contributed by atoms with van der Waals surface area (Å²) >= 11 is 0. The van der Waals surface area contributed by atoms with Crippen molar-refractivity contribution in [3.05, 3.63) is 59.7 Å². The van der Waals surface area contributed by atoms with E-state index in [4.69, 9.17) is 4.74 Å². The molecule has 2 amide bonds. The quantitative estimate of drug-likeness (QED) is 0.744. The highest BCUT2D eigenvalue weighted by Gasteiger charge is 2.48. The van der Waals surface area contributed by atoms with Gasteiger partial charge in [-0.3, -0.25) is 9.59 Å². The van der Waals surface area contributed by atoms with Crippen molar-refractivity contribution in [2.45, 2.75) is 13.3 Å². The number of ether oxygens (including phenoxy) is 1. The average molecular weight is 388 g/mol. The summed E-state index contributed by atoms with van der Waals surface area (Å²) in [7, 11) is 0. The Morgan fingerprint density at radius 1 is 0.964 bits per heavy atom. The molecular formula is C20H18F2N2O4. The Hall–Kier alpha value is -3.29. The third-order valence-corrected chi connectivity index (χ3v) is 4.36. The zero-order valence-electron chi connectivity index (χ0n) is 15.0. The molecule has 0 spiro atoms. The molecule has 1 fully saturated rings. The van der Waals surface area contributed by atoms with Gasteiger partial charge in [0.1, 0.15) is 17.3 Å². The molecule has 146 valence electrons. The lowest BCUT2D eigenvalue weighted by Crippen LogP contribution is -2.22. The third-order valence-electron chi connectivity index (χ3n) is 4.36. The lowest BCUT2D eigenvalue weighted by atomic mass is 10.1. The predicted molar refractivity (Wildman–Crippen MR) is 97.6 cm³/mol. The molecule has 2 aromatic rings. The van der Waals surface area contributed by atoms with Gasteiger partial charge >= 0.3 is 5.97 Å². The van der Waals surface area contributed by atoms with Gasteiger partial charge in [-0.05, 0) is 37.6 Å². The van der Waals surface area contributed by atoms with Crippen LogP contribution in [-0.4, -0.2) is 24.4 Å². The highest BCUT2D eigenvalue weighted by Crippen LogP contribution is 2.40. The van der Waals surface area contributed by atoms with Crippen LogP contribution in [0.4, 0.5) is 20.2 Å². The molecule has 28 heavy (non-hydrogen) atoms. The van der Waals surface area contributed by atoms with Gasteiger partial charge in [0, 0.05) is 0 Å². The summed E-state index contributed by atoms with van der Waals surface area (Å²) in [6, 6.07) is 9.61. The number of carbonyl (C=O) groups excluding carboxylic acids is 3. The van der Waals surface area contributed by atoms with E-state index in [9.17, 15) is 23.2 Å². The molecule has 2 N–H and O–H groups in total. The van der Waals surface area contributed by atoms with E-state index in [0.29, 0.717) is 0 Å². The van der Waals surface area contributed by atoms with Gasteiger partial charge in [-0.1, -0.05) is 18.2 Å². The van der Waals surface area contributed by atoms with Crippen LogP contribution in [0.1, 0.15) is 23.7 Å². The number of para-hydroxylation sites is 2. The van der Waals surface area contributed by atoms with Crippen molar-refractivity contribution >= 4 is 29.2 Å². The molecule has 0 aromatic heterocycles. The molecule has 0 aliphatic heterocycles. The number of hydrogen-bond donors (Lipinski definition) is 2. The van der Waals surface area contributed by atoms with E-state index < -0.39 is 46.9 Å². The Labute approximate surface area is 159 Å². The SMILES string of the molecule is CCOC(=O)c1ccccc1NC(=O)C1CC1C(=O)Nc1c(F)cccc1F. The highest BCUT2D eigenvalue weighted by molar-refractivity contribution is 6.06. The van der Waals surface area contributed by atoms with Crippen LogP contribution in [0.3, 0.4) is 0 Å². The van der Waals surface area contributed by atoms with Crippen molar-refractivity contribution in [3.63, 3.8) is 0 Å². The fourth-order valence-corrected chi connectivity index (χ4v) is 2.81. The second-order valence-electron chi connectivity index (χ2n) is 6.29. The lowest BCUT2D eigenvalue weighted by molar-refractivity contribution is -0.122. The van der Waals surface area contributed by atoms with E-state index >= 15 is 0 Å². The molecular weight excluding hydrogens is 370 g/mol. The number of anilines is 2. The van der Waals surface area contributed by atoms with Crippen molar-refractivity contribution in [3.8, 4) is 0 Å². The Balaban J connectivity index is 1.64. The van der Waals surface area contributed by atoms with Crippen LogP contribution in [0.5, 0.6) is 0 Å². The summed E-state index contributed by atoms with van der Waals surface area (Å²) in [5, 5.41) is 4.81. The van der Waals surface area contributed by atoms with Gasteiger partial charge in [-0.25, -0.2) is 13.6 Å². The molecule has 0 radical (unpaired) electrons. The van der Waals surface area contributed by atoms with E-state index in [-0.39, 0.29) is 24.3 Å². The van der Waals surface area contributed by atoms with Crippen molar-refractivity contribution in [1.29, 1.82) is 0 Å². The Morgan fingerprint density at radius 2 is 1.57 bits per heavy atom. The average Bonchev–Trinajstić information content (AvgIpc) is 3.46. The number of hydrogen-bond acceptors (Lipinski definition) is 4. The molecule has 8 heteroatoms. The maximum atomic E-state index is 13.6. The number of nitrogens with one attached hydrogen (secondary N) is 2. The Morgan fingerprint density at radius 3 is 2.21 bits per heavy atom. The summed E-state index contributed by atoms with van der Waals surface area (Å²) in [5.74, 6) is -4.79. The van der Waals surface area contributed by atoms with Crippen LogP contribution in [0.25, 0.3) is 0 Å². The zero-order chi connectivity index (χ0) is 20.3. The van der Waals surface area contributed by atoms with Crippen molar-refractivity contribution in [1.82, 2.24) is 0 Å². The van der Waals surface area contributed by atoms with Crippen molar-refractivity contribution in [2.75, 3.05) is 17.2 Å². The first kappa shape index (κ1) is 19.5. The third kappa shape index (κ3) is 4.16. The highest BCUT2D eigenvalue weighted by atomic mass is 19.1. The fourth-order valence-electron chi connectivity index (χ4n) is 2.81. The number of amides is 2. The number of esters is 1. The van der Waals surface area contributed by atoms with Crippen molar-refractivity contribution < 1.29 is 27.9 Å². The summed E-state index contributed by atoms with van der Waals surface area (Å²) < 4.78 is 32.2. The lowest BCUT2D eigenvalue weighted by Gasteiger charge is -2.10. The van der Waals surface area contributed by atoms with Crippen LogP contribution >= 0.6 is 0 Å². The summed E-state index contributed by atoms with van der Waals surface area (Å²) in [6.07, 6.45) is 0.245. The largest absolute Gasteiger partial charge is 0.462 e. The molecule has 1 aliphatic carbocycles. The van der Waals surface area contributed by atoms with E-state index in [0.717, 1.165) is 12.1 Å². The van der Waals surface area contributed by atoms with E-state index in [1.54, 1.807) is 25.1 Å². The van der Waals surface area contributed by atoms with E-state index in [2.05, 4.69) is 10.6 Å². The Kier molecular flexibility index (Phi) is 5.67. The molecule has 6 nitrogen and oxygen atoms in total. The zero-order valence-corrected chi connectivity index (χ0v) is 15.0. The molecule has 0 saturated heterocycles. The van der Waals surface area contributed by atoms with Gasteiger partial charge in [-0.2, -0.15) is 0 Å².